The summed E-state index contributed by atoms with van der Waals surface area (Å²) in [5, 5.41) is 16.7. The molecule has 2 aromatic carbocycles. The van der Waals surface area contributed by atoms with Crippen LogP contribution in [0, 0.1) is 11.3 Å². The van der Waals surface area contributed by atoms with Crippen molar-refractivity contribution in [2.45, 2.75) is 44.7 Å². The van der Waals surface area contributed by atoms with E-state index in [1.54, 1.807) is 45.0 Å². The van der Waals surface area contributed by atoms with Gasteiger partial charge in [-0.2, -0.15) is 17.0 Å². The predicted molar refractivity (Wildman–Crippen MR) is 132 cm³/mol. The number of nitrogens with one attached hydrogen (secondary N) is 3. The maximum Gasteiger partial charge on any atom is 0.407 e. The van der Waals surface area contributed by atoms with Crippen LogP contribution in [-0.4, -0.2) is 41.8 Å². The minimum Gasteiger partial charge on any atom is -0.444 e. The van der Waals surface area contributed by atoms with Crippen LogP contribution in [0.1, 0.15) is 42.3 Å². The summed E-state index contributed by atoms with van der Waals surface area (Å²) >= 11 is 1.51. The number of benzene rings is 2. The number of hydrogen-bond acceptors (Lipinski definition) is 6. The van der Waals surface area contributed by atoms with Crippen molar-refractivity contribution >= 4 is 29.7 Å². The van der Waals surface area contributed by atoms with Gasteiger partial charge in [0.05, 0.1) is 6.07 Å². The molecule has 3 amide bonds. The Kier molecular flexibility index (Phi) is 10.4. The van der Waals surface area contributed by atoms with Crippen LogP contribution in [0.15, 0.2) is 54.6 Å². The first kappa shape index (κ1) is 26.7. The van der Waals surface area contributed by atoms with Gasteiger partial charge in [-0.1, -0.05) is 42.5 Å². The fourth-order valence-electron chi connectivity index (χ4n) is 2.85. The smallest absolute Gasteiger partial charge is 0.407 e. The summed E-state index contributed by atoms with van der Waals surface area (Å²) in [7, 11) is 0. The van der Waals surface area contributed by atoms with Crippen LogP contribution in [0.5, 0.6) is 0 Å². The van der Waals surface area contributed by atoms with E-state index in [4.69, 9.17) is 10.00 Å². The van der Waals surface area contributed by atoms with Gasteiger partial charge in [-0.05, 0) is 44.0 Å². The minimum absolute atomic E-state index is 0.139. The number of rotatable bonds is 10. The third-order valence-corrected chi connectivity index (χ3v) is 5.49. The number of nitriles is 1. The summed E-state index contributed by atoms with van der Waals surface area (Å²) in [6.45, 7) is 5.38. The molecule has 0 spiro atoms. The molecular formula is C25H30N4O4S. The Balaban J connectivity index is 1.99. The van der Waals surface area contributed by atoms with Gasteiger partial charge in [0, 0.05) is 23.6 Å². The van der Waals surface area contributed by atoms with Gasteiger partial charge in [0.15, 0.2) is 0 Å². The van der Waals surface area contributed by atoms with Crippen LogP contribution in [0.4, 0.5) is 4.79 Å². The fraction of sp³-hybridized carbons (Fsp3) is 0.360. The summed E-state index contributed by atoms with van der Waals surface area (Å²) in [5.41, 5.74) is 1.57. The van der Waals surface area contributed by atoms with E-state index in [9.17, 15) is 14.4 Å². The van der Waals surface area contributed by atoms with Crippen molar-refractivity contribution in [2.75, 3.05) is 12.3 Å². The molecule has 0 aliphatic carbocycles. The van der Waals surface area contributed by atoms with E-state index in [1.165, 1.54) is 11.8 Å². The summed E-state index contributed by atoms with van der Waals surface area (Å²) in [6, 6.07) is 17.6. The molecule has 0 saturated heterocycles. The van der Waals surface area contributed by atoms with Gasteiger partial charge < -0.3 is 20.7 Å². The van der Waals surface area contributed by atoms with E-state index >= 15 is 0 Å². The van der Waals surface area contributed by atoms with Gasteiger partial charge in [0.2, 0.25) is 5.91 Å². The normalized spacial score (nSPS) is 11.6. The Morgan fingerprint density at radius 1 is 1.03 bits per heavy atom. The molecule has 2 rings (SSSR count). The van der Waals surface area contributed by atoms with Crippen molar-refractivity contribution in [1.29, 1.82) is 5.26 Å². The Hall–Kier alpha value is -3.51. The van der Waals surface area contributed by atoms with E-state index in [2.05, 4.69) is 16.0 Å². The molecule has 2 aromatic rings. The van der Waals surface area contributed by atoms with Crippen LogP contribution in [0.25, 0.3) is 0 Å². The number of carbonyl (C=O) groups is 3. The van der Waals surface area contributed by atoms with E-state index in [1.807, 2.05) is 36.4 Å². The number of thioether (sulfide) groups is 1. The van der Waals surface area contributed by atoms with Crippen LogP contribution in [0.2, 0.25) is 0 Å². The van der Waals surface area contributed by atoms with Gasteiger partial charge in [0.25, 0.3) is 5.91 Å². The molecule has 0 aliphatic rings. The Labute approximate surface area is 204 Å². The molecule has 0 heterocycles. The fourth-order valence-corrected chi connectivity index (χ4v) is 3.87. The van der Waals surface area contributed by atoms with Crippen LogP contribution in [0.3, 0.4) is 0 Å². The summed E-state index contributed by atoms with van der Waals surface area (Å²) in [4.78, 5) is 37.3. The zero-order valence-corrected chi connectivity index (χ0v) is 20.4. The van der Waals surface area contributed by atoms with Crippen molar-refractivity contribution in [1.82, 2.24) is 16.0 Å². The quantitative estimate of drug-likeness (QED) is 0.447. The number of ether oxygens (including phenoxy) is 1. The lowest BCUT2D eigenvalue weighted by Gasteiger charge is -2.20. The van der Waals surface area contributed by atoms with Crippen LogP contribution < -0.4 is 16.0 Å². The van der Waals surface area contributed by atoms with E-state index in [0.29, 0.717) is 22.6 Å². The molecular weight excluding hydrogens is 452 g/mol. The first-order valence-electron chi connectivity index (χ1n) is 10.8. The number of alkyl carbamates (subject to hydrolysis) is 1. The third kappa shape index (κ3) is 9.96. The van der Waals surface area contributed by atoms with Gasteiger partial charge >= 0.3 is 6.09 Å². The highest BCUT2D eigenvalue weighted by atomic mass is 32.2. The average molecular weight is 483 g/mol. The lowest BCUT2D eigenvalue weighted by molar-refractivity contribution is -0.122. The predicted octanol–water partition coefficient (Wildman–Crippen LogP) is 3.38. The molecule has 3 N–H and O–H groups in total. The highest BCUT2D eigenvalue weighted by molar-refractivity contribution is 7.98. The van der Waals surface area contributed by atoms with Crippen molar-refractivity contribution in [3.63, 3.8) is 0 Å². The molecule has 0 aromatic heterocycles. The third-order valence-electron chi connectivity index (χ3n) is 4.38. The van der Waals surface area contributed by atoms with Gasteiger partial charge in [-0.25, -0.2) is 4.79 Å². The molecule has 9 heteroatoms. The first-order chi connectivity index (χ1) is 16.2. The molecule has 1 unspecified atom stereocenters. The summed E-state index contributed by atoms with van der Waals surface area (Å²) < 4.78 is 5.22. The molecule has 1 atom stereocenters. The molecule has 0 saturated carbocycles. The zero-order chi connectivity index (χ0) is 25.0. The number of nitrogens with zero attached hydrogens (tertiary/aromatic N) is 1. The Bertz CT molecular complexity index is 1020. The monoisotopic (exact) mass is 482 g/mol. The largest absolute Gasteiger partial charge is 0.444 e. The number of carbonyl (C=O) groups excluding carboxylic acids is 3. The number of hydrogen-bond donors (Lipinski definition) is 3. The second-order valence-electron chi connectivity index (χ2n) is 8.46. The standard InChI is InChI=1S/C25H30N4O4S/c1-25(2,3)33-24(32)28-15-19-10-7-11-20(14-19)22(30)29-21(23(31)27-13-12-26)17-34-16-18-8-5-4-6-9-18/h4-11,14,21H,13,15-17H2,1-3H3,(H,27,31)(H,28,32)(H,29,30). The second-order valence-corrected chi connectivity index (χ2v) is 9.49. The molecule has 34 heavy (non-hydrogen) atoms. The Morgan fingerprint density at radius 3 is 2.41 bits per heavy atom. The molecule has 0 radical (unpaired) electrons. The summed E-state index contributed by atoms with van der Waals surface area (Å²) in [6.07, 6.45) is -0.549. The topological polar surface area (TPSA) is 120 Å². The van der Waals surface area contributed by atoms with Crippen molar-refractivity contribution in [2.24, 2.45) is 0 Å². The highest BCUT2D eigenvalue weighted by Crippen LogP contribution is 2.14. The van der Waals surface area contributed by atoms with Crippen molar-refractivity contribution in [3.05, 3.63) is 71.3 Å². The highest BCUT2D eigenvalue weighted by Gasteiger charge is 2.22. The number of amides is 3. The van der Waals surface area contributed by atoms with E-state index < -0.39 is 29.6 Å². The molecule has 0 bridgehead atoms. The SMILES string of the molecule is CC(C)(C)OC(=O)NCc1cccc(C(=O)NC(CSCc2ccccc2)C(=O)NCC#N)c1. The lowest BCUT2D eigenvalue weighted by Crippen LogP contribution is -2.48. The Morgan fingerprint density at radius 2 is 1.74 bits per heavy atom. The minimum atomic E-state index is -0.807. The average Bonchev–Trinajstić information content (AvgIpc) is 2.80. The first-order valence-corrected chi connectivity index (χ1v) is 12.0. The molecule has 180 valence electrons. The maximum atomic E-state index is 12.9. The van der Waals surface area contributed by atoms with E-state index in [0.717, 1.165) is 5.56 Å². The lowest BCUT2D eigenvalue weighted by atomic mass is 10.1. The van der Waals surface area contributed by atoms with Crippen molar-refractivity contribution in [3.8, 4) is 6.07 Å². The van der Waals surface area contributed by atoms with Crippen LogP contribution >= 0.6 is 11.8 Å². The van der Waals surface area contributed by atoms with Crippen molar-refractivity contribution < 1.29 is 19.1 Å². The van der Waals surface area contributed by atoms with Crippen LogP contribution in [-0.2, 0) is 21.8 Å². The summed E-state index contributed by atoms with van der Waals surface area (Å²) in [5.74, 6) is 0.192. The maximum absolute atomic E-state index is 12.9. The van der Waals surface area contributed by atoms with Gasteiger partial charge in [0.1, 0.15) is 18.2 Å². The van der Waals surface area contributed by atoms with Gasteiger partial charge in [-0.15, -0.1) is 0 Å². The van der Waals surface area contributed by atoms with E-state index in [-0.39, 0.29) is 13.1 Å². The van der Waals surface area contributed by atoms with Gasteiger partial charge in [-0.3, -0.25) is 9.59 Å². The molecule has 0 aliphatic heterocycles. The second kappa shape index (κ2) is 13.3. The molecule has 8 nitrogen and oxygen atoms in total. The zero-order valence-electron chi connectivity index (χ0n) is 19.6. The molecule has 0 fully saturated rings.